The lowest BCUT2D eigenvalue weighted by Gasteiger charge is -2.40. The molecule has 1 atom stereocenters. The van der Waals surface area contributed by atoms with Gasteiger partial charge >= 0.3 is 5.97 Å². The maximum Gasteiger partial charge on any atom is 0.336 e. The second-order valence-electron chi connectivity index (χ2n) is 8.70. The number of aryl methyl sites for hydroxylation is 1. The fraction of sp³-hybridized carbons (Fsp3) is 0.500. The molecule has 0 radical (unpaired) electrons. The van der Waals surface area contributed by atoms with Crippen LogP contribution < -0.4 is 11.1 Å². The van der Waals surface area contributed by atoms with E-state index >= 15 is 0 Å². The highest BCUT2D eigenvalue weighted by molar-refractivity contribution is 6.04. The Balaban J connectivity index is 2.19. The van der Waals surface area contributed by atoms with Gasteiger partial charge in [-0.25, -0.2) is 4.79 Å². The molecule has 162 valence electrons. The van der Waals surface area contributed by atoms with E-state index in [1.165, 1.54) is 0 Å². The highest BCUT2D eigenvalue weighted by Crippen LogP contribution is 2.47. The normalized spacial score (nSPS) is 20.7. The Hall–Kier alpha value is -2.44. The van der Waals surface area contributed by atoms with E-state index in [2.05, 4.69) is 19.2 Å². The number of nitrogens with two attached hydrogens (primary N) is 1. The third-order valence-corrected chi connectivity index (χ3v) is 5.63. The molecular formula is C24H32N2O4. The number of esters is 1. The molecular weight excluding hydrogens is 380 g/mol. The number of hydrogen-bond acceptors (Lipinski definition) is 6. The molecule has 3 rings (SSSR count). The molecule has 1 aromatic carbocycles. The van der Waals surface area contributed by atoms with Crippen molar-refractivity contribution in [3.63, 3.8) is 0 Å². The summed E-state index contributed by atoms with van der Waals surface area (Å²) in [5.74, 6) is -0.818. The first-order valence-electron chi connectivity index (χ1n) is 10.6. The molecule has 1 unspecified atom stereocenters. The van der Waals surface area contributed by atoms with E-state index in [9.17, 15) is 9.59 Å². The second kappa shape index (κ2) is 9.14. The number of benzene rings is 1. The Morgan fingerprint density at radius 1 is 1.27 bits per heavy atom. The number of carbonyl (C=O) groups excluding carboxylic acids is 2. The average molecular weight is 413 g/mol. The molecule has 0 aromatic heterocycles. The van der Waals surface area contributed by atoms with Crippen molar-refractivity contribution in [1.82, 2.24) is 5.32 Å². The Morgan fingerprint density at radius 2 is 2.00 bits per heavy atom. The molecule has 30 heavy (non-hydrogen) atoms. The topological polar surface area (TPSA) is 90.7 Å². The summed E-state index contributed by atoms with van der Waals surface area (Å²) in [7, 11) is 0. The van der Waals surface area contributed by atoms with Gasteiger partial charge in [0.1, 0.15) is 0 Å². The number of hydrogen-bond donors (Lipinski definition) is 2. The minimum absolute atomic E-state index is 0.0747. The fourth-order valence-corrected chi connectivity index (χ4v) is 4.39. The SMILES string of the molecule is CCOC(=O)C1=C(COCCN)NC2=C(C(=O)CC(C)(C)C2)C1c1ccccc1C. The first-order valence-corrected chi connectivity index (χ1v) is 10.6. The summed E-state index contributed by atoms with van der Waals surface area (Å²) in [5.41, 5.74) is 10.1. The van der Waals surface area contributed by atoms with Gasteiger partial charge in [-0.1, -0.05) is 38.1 Å². The number of nitrogens with one attached hydrogen (secondary N) is 1. The molecule has 0 saturated carbocycles. The monoisotopic (exact) mass is 412 g/mol. The van der Waals surface area contributed by atoms with Crippen LogP contribution in [-0.4, -0.2) is 38.1 Å². The second-order valence-corrected chi connectivity index (χ2v) is 8.70. The van der Waals surface area contributed by atoms with Gasteiger partial charge in [-0.15, -0.1) is 0 Å². The van der Waals surface area contributed by atoms with Crippen molar-refractivity contribution in [2.45, 2.75) is 46.5 Å². The number of rotatable bonds is 7. The van der Waals surface area contributed by atoms with Gasteiger partial charge in [-0.05, 0) is 36.8 Å². The van der Waals surface area contributed by atoms with Crippen LogP contribution in [0, 0.1) is 12.3 Å². The van der Waals surface area contributed by atoms with E-state index in [0.717, 1.165) is 23.2 Å². The Bertz CT molecular complexity index is 898. The summed E-state index contributed by atoms with van der Waals surface area (Å²) in [6, 6.07) is 7.89. The fourth-order valence-electron chi connectivity index (χ4n) is 4.39. The van der Waals surface area contributed by atoms with Gasteiger partial charge in [0, 0.05) is 30.2 Å². The van der Waals surface area contributed by atoms with Crippen molar-refractivity contribution in [2.75, 3.05) is 26.4 Å². The molecule has 0 saturated heterocycles. The lowest BCUT2D eigenvalue weighted by Crippen LogP contribution is -2.40. The van der Waals surface area contributed by atoms with E-state index in [1.807, 2.05) is 31.2 Å². The highest BCUT2D eigenvalue weighted by Gasteiger charge is 2.44. The van der Waals surface area contributed by atoms with Gasteiger partial charge < -0.3 is 20.5 Å². The van der Waals surface area contributed by atoms with Gasteiger partial charge in [0.25, 0.3) is 0 Å². The smallest absolute Gasteiger partial charge is 0.336 e. The minimum atomic E-state index is -0.471. The first-order chi connectivity index (χ1) is 14.3. The van der Waals surface area contributed by atoms with Crippen LogP contribution in [0.25, 0.3) is 0 Å². The van der Waals surface area contributed by atoms with E-state index in [-0.39, 0.29) is 24.4 Å². The zero-order valence-electron chi connectivity index (χ0n) is 18.3. The molecule has 3 N–H and O–H groups in total. The van der Waals surface area contributed by atoms with Crippen LogP contribution >= 0.6 is 0 Å². The zero-order chi connectivity index (χ0) is 21.9. The number of carbonyl (C=O) groups is 2. The summed E-state index contributed by atoms with van der Waals surface area (Å²) < 4.78 is 11.1. The molecule has 1 aromatic rings. The predicted molar refractivity (Wildman–Crippen MR) is 116 cm³/mol. The van der Waals surface area contributed by atoms with E-state index in [0.29, 0.717) is 36.4 Å². The lowest BCUT2D eigenvalue weighted by molar-refractivity contribution is -0.139. The van der Waals surface area contributed by atoms with Gasteiger partial charge in [0.15, 0.2) is 5.78 Å². The van der Waals surface area contributed by atoms with Crippen LogP contribution in [0.4, 0.5) is 0 Å². The molecule has 1 heterocycles. The first kappa shape index (κ1) is 22.2. The zero-order valence-corrected chi connectivity index (χ0v) is 18.3. The van der Waals surface area contributed by atoms with Gasteiger partial charge in [0.05, 0.1) is 31.1 Å². The van der Waals surface area contributed by atoms with Crippen molar-refractivity contribution in [2.24, 2.45) is 11.1 Å². The van der Waals surface area contributed by atoms with Crippen molar-refractivity contribution in [1.29, 1.82) is 0 Å². The molecule has 0 bridgehead atoms. The van der Waals surface area contributed by atoms with Crippen molar-refractivity contribution in [3.05, 3.63) is 57.9 Å². The summed E-state index contributed by atoms with van der Waals surface area (Å²) in [4.78, 5) is 26.4. The predicted octanol–water partition coefficient (Wildman–Crippen LogP) is 3.12. The lowest BCUT2D eigenvalue weighted by atomic mass is 9.68. The van der Waals surface area contributed by atoms with Crippen LogP contribution in [0.15, 0.2) is 46.8 Å². The van der Waals surface area contributed by atoms with Crippen molar-refractivity contribution in [3.8, 4) is 0 Å². The van der Waals surface area contributed by atoms with Gasteiger partial charge in [-0.3, -0.25) is 4.79 Å². The van der Waals surface area contributed by atoms with Gasteiger partial charge in [-0.2, -0.15) is 0 Å². The summed E-state index contributed by atoms with van der Waals surface area (Å²) >= 11 is 0. The Labute approximate surface area is 178 Å². The highest BCUT2D eigenvalue weighted by atomic mass is 16.5. The van der Waals surface area contributed by atoms with Crippen LogP contribution in [-0.2, 0) is 19.1 Å². The van der Waals surface area contributed by atoms with Crippen LogP contribution in [0.5, 0.6) is 0 Å². The molecule has 6 nitrogen and oxygen atoms in total. The molecule has 6 heteroatoms. The maximum atomic E-state index is 13.3. The molecule has 1 aliphatic heterocycles. The maximum absolute atomic E-state index is 13.3. The third kappa shape index (κ3) is 4.50. The summed E-state index contributed by atoms with van der Waals surface area (Å²) in [6.07, 6.45) is 1.18. The molecule has 1 aliphatic carbocycles. The quantitative estimate of drug-likeness (QED) is 0.528. The van der Waals surface area contributed by atoms with Crippen LogP contribution in [0.3, 0.4) is 0 Å². The Morgan fingerprint density at radius 3 is 2.67 bits per heavy atom. The van der Waals surface area contributed by atoms with Crippen LogP contribution in [0.2, 0.25) is 0 Å². The molecule has 0 fully saturated rings. The molecule has 0 spiro atoms. The largest absolute Gasteiger partial charge is 0.463 e. The molecule has 0 amide bonds. The van der Waals surface area contributed by atoms with Crippen LogP contribution in [0.1, 0.15) is 50.7 Å². The van der Waals surface area contributed by atoms with Gasteiger partial charge in [0.2, 0.25) is 0 Å². The minimum Gasteiger partial charge on any atom is -0.463 e. The standard InChI is InChI=1S/C24H32N2O4/c1-5-30-23(28)22-18(14-29-11-10-25)26-17-12-24(3,4)13-19(27)21(17)20(22)16-9-7-6-8-15(16)2/h6-9,20,26H,5,10-14,25H2,1-4H3. The summed E-state index contributed by atoms with van der Waals surface area (Å²) in [5, 5.41) is 3.38. The third-order valence-electron chi connectivity index (χ3n) is 5.63. The van der Waals surface area contributed by atoms with Crippen molar-refractivity contribution < 1.29 is 19.1 Å². The number of Topliss-reactive ketones (excluding diaryl/α,β-unsaturated/α-hetero) is 1. The summed E-state index contributed by atoms with van der Waals surface area (Å²) in [6.45, 7) is 9.20. The van der Waals surface area contributed by atoms with E-state index < -0.39 is 11.9 Å². The number of dihydropyridines is 1. The number of ketones is 1. The average Bonchev–Trinajstić information content (AvgIpc) is 2.66. The number of allylic oxidation sites excluding steroid dienone is 2. The van der Waals surface area contributed by atoms with Crippen molar-refractivity contribution >= 4 is 11.8 Å². The van der Waals surface area contributed by atoms with E-state index in [1.54, 1.807) is 6.92 Å². The molecule has 2 aliphatic rings. The number of ether oxygens (including phenoxy) is 2. The Kier molecular flexibility index (Phi) is 6.78. The van der Waals surface area contributed by atoms with E-state index in [4.69, 9.17) is 15.2 Å².